The minimum absolute atomic E-state index is 0. The molecule has 2 N–H and O–H groups in total. The Hall–Kier alpha value is 0.0300. The van der Waals surface area contributed by atoms with Crippen LogP contribution >= 0.6 is 7.82 Å². The molecule has 0 radical (unpaired) electrons. The van der Waals surface area contributed by atoms with Gasteiger partial charge in [-0.1, -0.05) is 44.6 Å². The number of rotatable bonds is 7. The Morgan fingerprint density at radius 2 is 1.40 bits per heavy atom. The van der Waals surface area contributed by atoms with Crippen molar-refractivity contribution >= 4 is 7.82 Å². The van der Waals surface area contributed by atoms with Crippen molar-refractivity contribution < 1.29 is 23.0 Å². The van der Waals surface area contributed by atoms with Gasteiger partial charge in [-0.15, -0.1) is 0 Å². The molecule has 0 heterocycles. The second-order valence-electron chi connectivity index (χ2n) is 3.97. The first-order valence-corrected chi connectivity index (χ1v) is 5.83. The van der Waals surface area contributed by atoms with Crippen LogP contribution in [0.25, 0.3) is 0 Å². The Morgan fingerprint density at radius 1 is 1.00 bits per heavy atom. The van der Waals surface area contributed by atoms with Gasteiger partial charge in [-0.25, -0.2) is 0 Å². The molecule has 0 fully saturated rings. The summed E-state index contributed by atoms with van der Waals surface area (Å²) in [6.45, 7) is 0.535. The van der Waals surface area contributed by atoms with E-state index in [0.717, 1.165) is 0 Å². The Kier molecular flexibility index (Phi) is 40.7. The van der Waals surface area contributed by atoms with Gasteiger partial charge in [0.15, 0.2) is 6.73 Å². The summed E-state index contributed by atoms with van der Waals surface area (Å²) in [4.78, 5) is 11.1. The van der Waals surface area contributed by atoms with Gasteiger partial charge in [0.25, 0.3) is 7.82 Å². The summed E-state index contributed by atoms with van der Waals surface area (Å²) in [6, 6.07) is 0. The molecule has 1 unspecified atom stereocenters. The third-order valence-corrected chi connectivity index (χ3v) is 2.13. The zero-order chi connectivity index (χ0) is 11.2. The molecule has 0 aromatic rings. The summed E-state index contributed by atoms with van der Waals surface area (Å²) in [5.74, 6) is 0. The van der Waals surface area contributed by atoms with Crippen LogP contribution in [-0.2, 0) is 13.6 Å². The minimum atomic E-state index is -4.14. The van der Waals surface area contributed by atoms with Crippen LogP contribution in [0, 0.1) is 0 Å². The third-order valence-electron chi connectivity index (χ3n) is 1.20. The topological polar surface area (TPSA) is 84.6 Å². The molecule has 1 atom stereocenters. The molecule has 0 spiro atoms. The fraction of sp³-hybridized carbons (Fsp3) is 1.00. The van der Waals surface area contributed by atoms with Crippen molar-refractivity contribution in [3.05, 3.63) is 0 Å². The number of phosphoric ester groups is 1. The number of phosphoric acid groups is 1. The molecule has 0 aliphatic heterocycles. The first-order valence-electron chi connectivity index (χ1n) is 4.37. The molecule has 0 saturated carbocycles. The molecule has 0 saturated heterocycles. The van der Waals surface area contributed by atoms with Crippen LogP contribution in [0.1, 0.15) is 51.0 Å². The van der Waals surface area contributed by atoms with Crippen molar-refractivity contribution in [1.82, 2.24) is 0 Å². The molecule has 0 aliphatic carbocycles. The number of nitrogens with two attached hydrogens (primary N) is 1. The Bertz CT molecular complexity index is 209. The van der Waals surface area contributed by atoms with E-state index in [4.69, 9.17) is 5.73 Å². The summed E-state index contributed by atoms with van der Waals surface area (Å²) in [6.07, 6.45) is 0.500. The monoisotopic (exact) mass is 322 g/mol. The van der Waals surface area contributed by atoms with E-state index < -0.39 is 7.82 Å². The maximum Gasteiger partial charge on any atom is 0.272 e. The number of nitrogens with zero attached hydrogens (tertiary/aromatic N) is 1. The van der Waals surface area contributed by atoms with E-state index in [9.17, 15) is 9.46 Å². The highest BCUT2D eigenvalue weighted by molar-refractivity contribution is 7.45. The minimum Gasteiger partial charge on any atom is -0.756 e. The average Bonchev–Trinajstić information content (AvgIpc) is 2.00. The van der Waals surface area contributed by atoms with Crippen molar-refractivity contribution in [1.29, 1.82) is 0 Å². The summed E-state index contributed by atoms with van der Waals surface area (Å²) in [5, 5.41) is 0. The van der Waals surface area contributed by atoms with Gasteiger partial charge in [-0.2, -0.15) is 0 Å². The highest BCUT2D eigenvalue weighted by Gasteiger charge is 2.14. The summed E-state index contributed by atoms with van der Waals surface area (Å²) >= 11 is 0. The van der Waals surface area contributed by atoms with E-state index in [-0.39, 0.29) is 57.9 Å². The van der Waals surface area contributed by atoms with Crippen LogP contribution in [0.5, 0.6) is 0 Å². The van der Waals surface area contributed by atoms with E-state index >= 15 is 0 Å². The lowest BCUT2D eigenvalue weighted by Gasteiger charge is -2.28. The van der Waals surface area contributed by atoms with Gasteiger partial charge in [-0.05, 0) is 13.0 Å². The summed E-state index contributed by atoms with van der Waals surface area (Å²) in [5.41, 5.74) is 5.19. The number of hydrogen-bond acceptors (Lipinski definition) is 5. The van der Waals surface area contributed by atoms with Gasteiger partial charge in [0, 0.05) is 0 Å². The molecule has 134 valence electrons. The molecule has 0 bridgehead atoms. The fourth-order valence-electron chi connectivity index (χ4n) is 0.541. The van der Waals surface area contributed by atoms with Crippen molar-refractivity contribution in [2.45, 2.75) is 51.0 Å². The predicted octanol–water partition coefficient (Wildman–Crippen LogP) is 3.32. The van der Waals surface area contributed by atoms with Crippen LogP contribution in [0.15, 0.2) is 0 Å². The van der Waals surface area contributed by atoms with Gasteiger partial charge in [0.2, 0.25) is 0 Å². The molecule has 0 rings (SSSR count). The highest BCUT2D eigenvalue weighted by Crippen LogP contribution is 2.38. The third kappa shape index (κ3) is 30.8. The van der Waals surface area contributed by atoms with Crippen LogP contribution in [0.4, 0.5) is 0 Å². The molecule has 20 heavy (non-hydrogen) atoms. The quantitative estimate of drug-likeness (QED) is 0.336. The van der Waals surface area contributed by atoms with E-state index in [1.165, 1.54) is 0 Å². The maximum atomic E-state index is 11.1. The van der Waals surface area contributed by atoms with E-state index in [1.54, 1.807) is 0 Å². The maximum absolute atomic E-state index is 11.1. The molecule has 0 aromatic carbocycles. The molecule has 0 amide bonds. The lowest BCUT2D eigenvalue weighted by molar-refractivity contribution is -0.887. The average molecular weight is 322 g/mol. The lowest BCUT2D eigenvalue weighted by Crippen LogP contribution is -2.37. The summed E-state index contributed by atoms with van der Waals surface area (Å²) < 4.78 is 20.7. The Morgan fingerprint density at radius 3 is 1.70 bits per heavy atom. The zero-order valence-electron chi connectivity index (χ0n) is 8.93. The van der Waals surface area contributed by atoms with Gasteiger partial charge < -0.3 is 19.6 Å². The standard InChI is InChI=1S/C7H19N2O4P.6CH4/c1-9(2,3)7-13-14(10,11)12-6-4-5-8;;;;;;/h4-8H2,1-3H3;6*1H4. The largest absolute Gasteiger partial charge is 0.756 e. The molecule has 6 nitrogen and oxygen atoms in total. The van der Waals surface area contributed by atoms with Crippen LogP contribution in [0.2, 0.25) is 0 Å². The fourth-order valence-corrected chi connectivity index (χ4v) is 1.46. The lowest BCUT2D eigenvalue weighted by atomic mass is 10.5. The summed E-state index contributed by atoms with van der Waals surface area (Å²) in [7, 11) is 1.32. The Balaban J connectivity index is -0.0000000563. The van der Waals surface area contributed by atoms with E-state index in [0.29, 0.717) is 17.4 Å². The zero-order valence-corrected chi connectivity index (χ0v) is 9.83. The van der Waals surface area contributed by atoms with Gasteiger partial charge in [-0.3, -0.25) is 9.09 Å². The van der Waals surface area contributed by atoms with E-state index in [2.05, 4.69) is 9.05 Å². The van der Waals surface area contributed by atoms with Crippen molar-refractivity contribution in [2.24, 2.45) is 5.73 Å². The molecule has 0 aliphatic rings. The van der Waals surface area contributed by atoms with Crippen molar-refractivity contribution in [2.75, 3.05) is 41.0 Å². The number of hydrogen-bond donors (Lipinski definition) is 1. The SMILES string of the molecule is C.C.C.C.C.C.C[N+](C)(C)COP(=O)([O-])OCCCN. The van der Waals surface area contributed by atoms with Crippen molar-refractivity contribution in [3.63, 3.8) is 0 Å². The molecular weight excluding hydrogens is 279 g/mol. The first kappa shape index (κ1) is 42.7. The second kappa shape index (κ2) is 19.0. The van der Waals surface area contributed by atoms with Crippen molar-refractivity contribution in [3.8, 4) is 0 Å². The Labute approximate surface area is 129 Å². The highest BCUT2D eigenvalue weighted by atomic mass is 31.2. The van der Waals surface area contributed by atoms with E-state index in [1.807, 2.05) is 21.1 Å². The van der Waals surface area contributed by atoms with Gasteiger partial charge in [0.05, 0.1) is 27.7 Å². The second-order valence-corrected chi connectivity index (χ2v) is 5.38. The molecular formula is C13H43N2O4P. The van der Waals surface area contributed by atoms with Gasteiger partial charge in [0.1, 0.15) is 0 Å². The van der Waals surface area contributed by atoms with Crippen LogP contribution in [0.3, 0.4) is 0 Å². The predicted molar refractivity (Wildman–Crippen MR) is 91.6 cm³/mol. The van der Waals surface area contributed by atoms with Gasteiger partial charge >= 0.3 is 0 Å². The normalized spacial score (nSPS) is 11.7. The first-order chi connectivity index (χ1) is 6.27. The van der Waals surface area contributed by atoms with Crippen LogP contribution in [-0.4, -0.2) is 45.5 Å². The molecule has 7 heteroatoms. The molecule has 0 aromatic heterocycles. The smallest absolute Gasteiger partial charge is 0.272 e. The van der Waals surface area contributed by atoms with Crippen LogP contribution < -0.4 is 10.6 Å². The number of quaternary nitrogens is 1.